The van der Waals surface area contributed by atoms with Crippen LogP contribution in [0.15, 0.2) is 59.4 Å². The number of aromatic nitrogens is 3. The topological polar surface area (TPSA) is 47.3 Å². The van der Waals surface area contributed by atoms with Crippen LogP contribution >= 0.6 is 11.3 Å². The zero-order chi connectivity index (χ0) is 15.8. The predicted octanol–water partition coefficient (Wildman–Crippen LogP) is 2.67. The first-order valence-corrected chi connectivity index (χ1v) is 8.06. The number of hydrogen-bond donors (Lipinski definition) is 0. The quantitative estimate of drug-likeness (QED) is 0.571. The van der Waals surface area contributed by atoms with E-state index in [1.807, 2.05) is 61.5 Å². The molecule has 0 aliphatic rings. The molecule has 2 heterocycles. The minimum absolute atomic E-state index is 0.0737. The molecule has 0 amide bonds. The van der Waals surface area contributed by atoms with Gasteiger partial charge in [0.2, 0.25) is 4.96 Å². The van der Waals surface area contributed by atoms with E-state index in [2.05, 4.69) is 16.3 Å². The average Bonchev–Trinajstić information content (AvgIpc) is 3.10. The van der Waals surface area contributed by atoms with Crippen LogP contribution in [0.4, 0.5) is 0 Å². The van der Waals surface area contributed by atoms with E-state index in [9.17, 15) is 4.79 Å². The number of rotatable bonds is 2. The third-order valence-electron chi connectivity index (χ3n) is 3.62. The second kappa shape index (κ2) is 5.44. The molecule has 0 radical (unpaired) electrons. The molecule has 0 saturated heterocycles. The maximum absolute atomic E-state index is 12.7. The van der Waals surface area contributed by atoms with Gasteiger partial charge in [-0.2, -0.15) is 0 Å². The molecule has 0 bridgehead atoms. The summed E-state index contributed by atoms with van der Waals surface area (Å²) in [6.07, 6.45) is 1.91. The Bertz CT molecular complexity index is 1100. The third kappa shape index (κ3) is 2.45. The van der Waals surface area contributed by atoms with Crippen LogP contribution in [0, 0.1) is 6.92 Å². The average molecular weight is 319 g/mol. The SMILES string of the molecule is Cc1cccc(/C=c2/sc3nnc(-c4ccccc4)n3c2=O)c1. The lowest BCUT2D eigenvalue weighted by Gasteiger charge is -1.95. The summed E-state index contributed by atoms with van der Waals surface area (Å²) in [4.78, 5) is 13.4. The van der Waals surface area contributed by atoms with Crippen LogP contribution < -0.4 is 10.1 Å². The van der Waals surface area contributed by atoms with E-state index in [4.69, 9.17) is 0 Å². The van der Waals surface area contributed by atoms with E-state index in [0.29, 0.717) is 15.3 Å². The molecule has 0 spiro atoms. The Kier molecular flexibility index (Phi) is 3.28. The Hall–Kier alpha value is -2.79. The largest absolute Gasteiger partial charge is 0.276 e. The number of hydrogen-bond acceptors (Lipinski definition) is 4. The molecular formula is C18H13N3OS. The van der Waals surface area contributed by atoms with Gasteiger partial charge in [0.25, 0.3) is 5.56 Å². The summed E-state index contributed by atoms with van der Waals surface area (Å²) in [5, 5.41) is 8.31. The van der Waals surface area contributed by atoms with Gasteiger partial charge in [-0.3, -0.25) is 4.79 Å². The lowest BCUT2D eigenvalue weighted by Crippen LogP contribution is -2.23. The number of fused-ring (bicyclic) bond motifs is 1. The van der Waals surface area contributed by atoms with Crippen molar-refractivity contribution in [1.29, 1.82) is 0 Å². The highest BCUT2D eigenvalue weighted by atomic mass is 32.1. The van der Waals surface area contributed by atoms with Crippen LogP contribution in [0.3, 0.4) is 0 Å². The third-order valence-corrected chi connectivity index (χ3v) is 4.58. The fourth-order valence-electron chi connectivity index (χ4n) is 2.55. The van der Waals surface area contributed by atoms with Crippen LogP contribution in [0.25, 0.3) is 22.4 Å². The van der Waals surface area contributed by atoms with E-state index in [-0.39, 0.29) is 5.56 Å². The van der Waals surface area contributed by atoms with E-state index in [0.717, 1.165) is 11.1 Å². The van der Waals surface area contributed by atoms with Gasteiger partial charge in [-0.15, -0.1) is 10.2 Å². The maximum atomic E-state index is 12.7. The normalized spacial score (nSPS) is 12.1. The lowest BCUT2D eigenvalue weighted by atomic mass is 10.1. The van der Waals surface area contributed by atoms with Gasteiger partial charge < -0.3 is 0 Å². The second-order valence-corrected chi connectivity index (χ2v) is 6.35. The monoisotopic (exact) mass is 319 g/mol. The van der Waals surface area contributed by atoms with Gasteiger partial charge in [0.05, 0.1) is 4.53 Å². The van der Waals surface area contributed by atoms with Gasteiger partial charge in [-0.05, 0) is 18.6 Å². The molecule has 0 fully saturated rings. The molecule has 0 aliphatic carbocycles. The number of thiazole rings is 1. The molecular weight excluding hydrogens is 306 g/mol. The van der Waals surface area contributed by atoms with Gasteiger partial charge >= 0.3 is 0 Å². The first kappa shape index (κ1) is 13.8. The van der Waals surface area contributed by atoms with E-state index >= 15 is 0 Å². The molecule has 112 valence electrons. The van der Waals surface area contributed by atoms with E-state index in [1.54, 1.807) is 4.40 Å². The molecule has 2 aromatic heterocycles. The summed E-state index contributed by atoms with van der Waals surface area (Å²) in [5.74, 6) is 0.589. The molecule has 23 heavy (non-hydrogen) atoms. The van der Waals surface area contributed by atoms with Crippen molar-refractivity contribution in [3.8, 4) is 11.4 Å². The fraction of sp³-hybridized carbons (Fsp3) is 0.0556. The van der Waals surface area contributed by atoms with Crippen LogP contribution in [0.5, 0.6) is 0 Å². The van der Waals surface area contributed by atoms with Crippen molar-refractivity contribution in [1.82, 2.24) is 14.6 Å². The van der Waals surface area contributed by atoms with Crippen molar-refractivity contribution >= 4 is 22.4 Å². The summed E-state index contributed by atoms with van der Waals surface area (Å²) in [6.45, 7) is 2.04. The Morgan fingerprint density at radius 1 is 1.04 bits per heavy atom. The highest BCUT2D eigenvalue weighted by Crippen LogP contribution is 2.17. The van der Waals surface area contributed by atoms with E-state index in [1.165, 1.54) is 16.9 Å². The van der Waals surface area contributed by atoms with Crippen molar-refractivity contribution in [2.45, 2.75) is 6.92 Å². The summed E-state index contributed by atoms with van der Waals surface area (Å²) < 4.78 is 2.25. The Balaban J connectivity index is 1.93. The second-order valence-electron chi connectivity index (χ2n) is 5.34. The zero-order valence-corrected chi connectivity index (χ0v) is 13.2. The number of nitrogens with zero attached hydrogens (tertiary/aromatic N) is 3. The molecule has 4 nitrogen and oxygen atoms in total. The van der Waals surface area contributed by atoms with Crippen molar-refractivity contribution < 1.29 is 0 Å². The van der Waals surface area contributed by atoms with Crippen molar-refractivity contribution in [2.75, 3.05) is 0 Å². The minimum atomic E-state index is -0.0737. The fourth-order valence-corrected chi connectivity index (χ4v) is 3.46. The van der Waals surface area contributed by atoms with Crippen LogP contribution in [-0.4, -0.2) is 14.6 Å². The molecule has 5 heteroatoms. The van der Waals surface area contributed by atoms with Gasteiger partial charge in [0, 0.05) is 5.56 Å². The first-order chi connectivity index (χ1) is 11.2. The predicted molar refractivity (Wildman–Crippen MR) is 92.5 cm³/mol. The molecule has 0 saturated carbocycles. The van der Waals surface area contributed by atoms with Crippen molar-refractivity contribution in [3.63, 3.8) is 0 Å². The van der Waals surface area contributed by atoms with Crippen molar-refractivity contribution in [2.24, 2.45) is 0 Å². The van der Waals surface area contributed by atoms with Gasteiger partial charge in [0.15, 0.2) is 5.82 Å². The minimum Gasteiger partial charge on any atom is -0.267 e. The smallest absolute Gasteiger partial charge is 0.267 e. The molecule has 4 aromatic rings. The standard InChI is InChI=1S/C18H13N3OS/c1-12-6-5-7-13(10-12)11-15-17(22)21-16(19-20-18(21)23-15)14-8-3-2-4-9-14/h2-11H,1H3/b15-11+. The molecule has 2 aromatic carbocycles. The maximum Gasteiger partial charge on any atom is 0.276 e. The Morgan fingerprint density at radius 2 is 1.87 bits per heavy atom. The molecule has 4 rings (SSSR count). The zero-order valence-electron chi connectivity index (χ0n) is 12.4. The summed E-state index contributed by atoms with van der Waals surface area (Å²) in [6, 6.07) is 17.7. The van der Waals surface area contributed by atoms with Gasteiger partial charge in [-0.1, -0.05) is 71.5 Å². The molecule has 0 N–H and O–H groups in total. The molecule has 0 unspecified atom stereocenters. The van der Waals surface area contributed by atoms with Gasteiger partial charge in [0.1, 0.15) is 0 Å². The molecule has 0 atom stereocenters. The van der Waals surface area contributed by atoms with Gasteiger partial charge in [-0.25, -0.2) is 4.40 Å². The Labute approximate surface area is 136 Å². The summed E-state index contributed by atoms with van der Waals surface area (Å²) >= 11 is 1.36. The summed E-state index contributed by atoms with van der Waals surface area (Å²) in [7, 11) is 0. The molecule has 0 aliphatic heterocycles. The van der Waals surface area contributed by atoms with Crippen LogP contribution in [0.1, 0.15) is 11.1 Å². The first-order valence-electron chi connectivity index (χ1n) is 7.24. The number of aryl methyl sites for hydroxylation is 1. The highest BCUT2D eigenvalue weighted by molar-refractivity contribution is 7.15. The summed E-state index contributed by atoms with van der Waals surface area (Å²) in [5.41, 5.74) is 2.99. The lowest BCUT2D eigenvalue weighted by molar-refractivity contribution is 1.09. The Morgan fingerprint density at radius 3 is 2.65 bits per heavy atom. The number of benzene rings is 2. The van der Waals surface area contributed by atoms with E-state index < -0.39 is 0 Å². The van der Waals surface area contributed by atoms with Crippen LogP contribution in [-0.2, 0) is 0 Å². The van der Waals surface area contributed by atoms with Crippen LogP contribution in [0.2, 0.25) is 0 Å². The van der Waals surface area contributed by atoms with Crippen molar-refractivity contribution in [3.05, 3.63) is 80.6 Å². The highest BCUT2D eigenvalue weighted by Gasteiger charge is 2.13.